The second-order valence-electron chi connectivity index (χ2n) is 5.07. The highest BCUT2D eigenvalue weighted by Gasteiger charge is 1.89. The first kappa shape index (κ1) is 17.5. The van der Waals surface area contributed by atoms with E-state index in [9.17, 15) is 0 Å². The molecule has 0 rings (SSSR count). The summed E-state index contributed by atoms with van der Waals surface area (Å²) in [6, 6.07) is 0. The lowest BCUT2D eigenvalue weighted by molar-refractivity contribution is 0.599. The summed E-state index contributed by atoms with van der Waals surface area (Å²) in [5.74, 6) is 0. The third-order valence-corrected chi connectivity index (χ3v) is 3.22. The number of hydrogen-bond acceptors (Lipinski definition) is 0. The molecule has 0 unspecified atom stereocenters. The molecule has 1 radical (unpaired) electrons. The van der Waals surface area contributed by atoms with E-state index in [1.165, 1.54) is 70.6 Å². The molecule has 0 fully saturated rings. The summed E-state index contributed by atoms with van der Waals surface area (Å²) in [5.41, 5.74) is 0. The molecule has 0 aliphatic heterocycles. The molecule has 0 saturated heterocycles. The molecular formula is C18H33. The van der Waals surface area contributed by atoms with Gasteiger partial charge >= 0.3 is 0 Å². The lowest BCUT2D eigenvalue weighted by atomic mass is 10.1. The molecule has 0 aliphatic rings. The van der Waals surface area contributed by atoms with Crippen molar-refractivity contribution in [1.82, 2.24) is 0 Å². The van der Waals surface area contributed by atoms with Crippen LogP contribution in [0.25, 0.3) is 0 Å². The topological polar surface area (TPSA) is 0 Å². The molecule has 0 nitrogen and oxygen atoms in total. The van der Waals surface area contributed by atoms with Gasteiger partial charge in [-0.2, -0.15) is 0 Å². The summed E-state index contributed by atoms with van der Waals surface area (Å²) >= 11 is 0. The van der Waals surface area contributed by atoms with E-state index in [-0.39, 0.29) is 0 Å². The molecule has 0 heterocycles. The molecule has 0 amide bonds. The van der Waals surface area contributed by atoms with E-state index in [2.05, 4.69) is 38.2 Å². The Morgan fingerprint density at radius 1 is 0.611 bits per heavy atom. The normalized spacial score (nSPS) is 11.9. The number of allylic oxidation sites excluding steroid dienone is 4. The van der Waals surface area contributed by atoms with Gasteiger partial charge in [0.05, 0.1) is 0 Å². The van der Waals surface area contributed by atoms with Gasteiger partial charge in [0.2, 0.25) is 0 Å². The SMILES string of the molecule is [CH2]C/C=C\CCCCCCCC/C=C/CCCC. The summed E-state index contributed by atoms with van der Waals surface area (Å²) in [5, 5.41) is 0. The van der Waals surface area contributed by atoms with Crippen molar-refractivity contribution in [2.24, 2.45) is 0 Å². The monoisotopic (exact) mass is 249 g/mol. The number of hydrogen-bond donors (Lipinski definition) is 0. The first-order valence-corrected chi connectivity index (χ1v) is 8.01. The number of rotatable bonds is 13. The molecular weight excluding hydrogens is 216 g/mol. The molecule has 0 aliphatic carbocycles. The number of unbranched alkanes of at least 4 members (excludes halogenated alkanes) is 9. The van der Waals surface area contributed by atoms with Gasteiger partial charge in [-0.1, -0.05) is 69.8 Å². The molecule has 0 spiro atoms. The fourth-order valence-electron chi connectivity index (χ4n) is 2.02. The van der Waals surface area contributed by atoms with Crippen molar-refractivity contribution in [2.75, 3.05) is 0 Å². The Balaban J connectivity index is 3.03. The van der Waals surface area contributed by atoms with Crippen LogP contribution in [0, 0.1) is 6.92 Å². The van der Waals surface area contributed by atoms with Crippen LogP contribution in [0.4, 0.5) is 0 Å². The zero-order valence-corrected chi connectivity index (χ0v) is 12.5. The van der Waals surface area contributed by atoms with Crippen LogP contribution >= 0.6 is 0 Å². The molecule has 18 heavy (non-hydrogen) atoms. The average molecular weight is 249 g/mol. The zero-order valence-electron chi connectivity index (χ0n) is 12.5. The van der Waals surface area contributed by atoms with E-state index < -0.39 is 0 Å². The Bertz CT molecular complexity index is 188. The molecule has 0 atom stereocenters. The lowest BCUT2D eigenvalue weighted by Gasteiger charge is -1.99. The highest BCUT2D eigenvalue weighted by Crippen LogP contribution is 2.09. The van der Waals surface area contributed by atoms with Crippen molar-refractivity contribution in [3.05, 3.63) is 31.2 Å². The van der Waals surface area contributed by atoms with Crippen molar-refractivity contribution in [2.45, 2.75) is 84.0 Å². The molecule has 0 aromatic carbocycles. The predicted octanol–water partition coefficient (Wildman–Crippen LogP) is 6.63. The minimum Gasteiger partial charge on any atom is -0.0885 e. The highest BCUT2D eigenvalue weighted by molar-refractivity contribution is 4.82. The van der Waals surface area contributed by atoms with Gasteiger partial charge in [-0.25, -0.2) is 0 Å². The first-order chi connectivity index (χ1) is 8.91. The van der Waals surface area contributed by atoms with Crippen molar-refractivity contribution in [3.63, 3.8) is 0 Å². The van der Waals surface area contributed by atoms with E-state index >= 15 is 0 Å². The van der Waals surface area contributed by atoms with Crippen LogP contribution in [0.15, 0.2) is 24.3 Å². The fraction of sp³-hybridized carbons (Fsp3) is 0.722. The standard InChI is InChI=1S/C18H33/c1-3-5-7-9-11-13-15-17-18-16-14-12-10-8-6-4-2/h5,7,10,12H,1,3-4,6,8-9,11,13-18H2,2H3/b7-5-,12-10+. The zero-order chi connectivity index (χ0) is 13.3. The van der Waals surface area contributed by atoms with Gasteiger partial charge in [0.1, 0.15) is 0 Å². The molecule has 105 valence electrons. The molecule has 0 bridgehead atoms. The minimum absolute atomic E-state index is 0.936. The summed E-state index contributed by atoms with van der Waals surface area (Å²) < 4.78 is 0. The largest absolute Gasteiger partial charge is 0.0885 e. The van der Waals surface area contributed by atoms with Gasteiger partial charge in [-0.15, -0.1) is 0 Å². The molecule has 0 aromatic rings. The van der Waals surface area contributed by atoms with Crippen LogP contribution in [0.1, 0.15) is 84.0 Å². The predicted molar refractivity (Wildman–Crippen MR) is 84.7 cm³/mol. The van der Waals surface area contributed by atoms with Crippen molar-refractivity contribution >= 4 is 0 Å². The maximum Gasteiger partial charge on any atom is -0.0351 e. The summed E-state index contributed by atoms with van der Waals surface area (Å²) in [4.78, 5) is 0. The summed E-state index contributed by atoms with van der Waals surface area (Å²) in [6.07, 6.45) is 25.0. The van der Waals surface area contributed by atoms with E-state index in [1.54, 1.807) is 0 Å². The van der Waals surface area contributed by atoms with Crippen LogP contribution in [-0.2, 0) is 0 Å². The second-order valence-corrected chi connectivity index (χ2v) is 5.07. The van der Waals surface area contributed by atoms with Crippen LogP contribution in [0.2, 0.25) is 0 Å². The van der Waals surface area contributed by atoms with Gasteiger partial charge in [0.15, 0.2) is 0 Å². The second kappa shape index (κ2) is 16.5. The van der Waals surface area contributed by atoms with Crippen molar-refractivity contribution in [1.29, 1.82) is 0 Å². The van der Waals surface area contributed by atoms with Crippen LogP contribution in [-0.4, -0.2) is 0 Å². The summed E-state index contributed by atoms with van der Waals surface area (Å²) in [7, 11) is 0. The first-order valence-electron chi connectivity index (χ1n) is 8.01. The molecule has 0 aromatic heterocycles. The van der Waals surface area contributed by atoms with Crippen LogP contribution < -0.4 is 0 Å². The maximum absolute atomic E-state index is 3.79. The fourth-order valence-corrected chi connectivity index (χ4v) is 2.02. The van der Waals surface area contributed by atoms with Gasteiger partial charge in [0.25, 0.3) is 0 Å². The Morgan fingerprint density at radius 3 is 1.56 bits per heavy atom. The molecule has 0 saturated carbocycles. The third kappa shape index (κ3) is 15.5. The van der Waals surface area contributed by atoms with E-state index in [0.29, 0.717) is 0 Å². The Kier molecular flexibility index (Phi) is 16.0. The van der Waals surface area contributed by atoms with Gasteiger partial charge in [0, 0.05) is 0 Å². The van der Waals surface area contributed by atoms with Gasteiger partial charge in [-0.05, 0) is 45.4 Å². The van der Waals surface area contributed by atoms with Crippen molar-refractivity contribution in [3.8, 4) is 0 Å². The smallest absolute Gasteiger partial charge is 0.0351 e. The Morgan fingerprint density at radius 2 is 1.06 bits per heavy atom. The van der Waals surface area contributed by atoms with E-state index in [1.807, 2.05) is 0 Å². The average Bonchev–Trinajstić information content (AvgIpc) is 2.39. The molecule has 0 heteroatoms. The Labute approximate surface area is 116 Å². The molecule has 0 N–H and O–H groups in total. The van der Waals surface area contributed by atoms with Gasteiger partial charge in [-0.3, -0.25) is 0 Å². The van der Waals surface area contributed by atoms with E-state index in [0.717, 1.165) is 6.42 Å². The van der Waals surface area contributed by atoms with Crippen LogP contribution in [0.3, 0.4) is 0 Å². The maximum atomic E-state index is 3.79. The van der Waals surface area contributed by atoms with Crippen LogP contribution in [0.5, 0.6) is 0 Å². The lowest BCUT2D eigenvalue weighted by Crippen LogP contribution is -1.79. The third-order valence-electron chi connectivity index (χ3n) is 3.22. The minimum atomic E-state index is 0.936. The quantitative estimate of drug-likeness (QED) is 0.254. The van der Waals surface area contributed by atoms with Gasteiger partial charge < -0.3 is 0 Å². The highest BCUT2D eigenvalue weighted by atomic mass is 14.0. The van der Waals surface area contributed by atoms with Crippen molar-refractivity contribution < 1.29 is 0 Å². The van der Waals surface area contributed by atoms with E-state index in [4.69, 9.17) is 0 Å². The Hall–Kier alpha value is -0.520. The summed E-state index contributed by atoms with van der Waals surface area (Å²) in [6.45, 7) is 6.05.